The van der Waals surface area contributed by atoms with Crippen molar-refractivity contribution in [1.29, 1.82) is 0 Å². The SMILES string of the molecule is C=C1CCC[C@@]2(C)C[C@@H]3OC(=O)[C@@H](CN4CC[C@H](C)CC(C)(C)C4)[C@H]3C[C@H]12. The summed E-state index contributed by atoms with van der Waals surface area (Å²) in [6.45, 7) is 17.1. The van der Waals surface area contributed by atoms with E-state index in [2.05, 4.69) is 39.2 Å². The van der Waals surface area contributed by atoms with E-state index in [0.717, 1.165) is 38.4 Å². The average molecular weight is 374 g/mol. The monoisotopic (exact) mass is 373 g/mol. The van der Waals surface area contributed by atoms with Crippen LogP contribution in [0.3, 0.4) is 0 Å². The minimum Gasteiger partial charge on any atom is -0.462 e. The third kappa shape index (κ3) is 3.73. The summed E-state index contributed by atoms with van der Waals surface area (Å²) in [5, 5.41) is 0. The number of nitrogens with zero attached hydrogens (tertiary/aromatic N) is 1. The van der Waals surface area contributed by atoms with E-state index in [0.29, 0.717) is 22.7 Å². The summed E-state index contributed by atoms with van der Waals surface area (Å²) in [5.41, 5.74) is 2.07. The molecule has 3 heteroatoms. The molecule has 152 valence electrons. The fourth-order valence-corrected chi connectivity index (χ4v) is 7.10. The first-order valence-electron chi connectivity index (χ1n) is 11.3. The summed E-state index contributed by atoms with van der Waals surface area (Å²) in [6, 6.07) is 0. The summed E-state index contributed by atoms with van der Waals surface area (Å²) in [5.74, 6) is 1.90. The molecule has 0 spiro atoms. The second kappa shape index (κ2) is 6.90. The van der Waals surface area contributed by atoms with E-state index in [4.69, 9.17) is 4.74 Å². The number of carbonyl (C=O) groups is 1. The standard InChI is InChI=1S/C24H39NO2/c1-16-8-10-25(15-23(3,4)12-16)14-19-18-11-20-17(2)7-6-9-24(20,5)13-21(18)27-22(19)26/h16,18-21H,2,6-15H2,1,3-5H3/t16-,18+,19-,20+,21-,24-/m0/s1. The van der Waals surface area contributed by atoms with Gasteiger partial charge in [0.25, 0.3) is 0 Å². The molecule has 2 saturated heterocycles. The molecule has 0 aromatic heterocycles. The minimum absolute atomic E-state index is 0.0680. The molecule has 4 aliphatic rings. The van der Waals surface area contributed by atoms with E-state index in [1.165, 1.54) is 37.7 Å². The van der Waals surface area contributed by atoms with Gasteiger partial charge in [0.15, 0.2) is 0 Å². The number of carbonyl (C=O) groups excluding carboxylic acids is 1. The topological polar surface area (TPSA) is 29.5 Å². The van der Waals surface area contributed by atoms with E-state index >= 15 is 0 Å². The molecule has 27 heavy (non-hydrogen) atoms. The van der Waals surface area contributed by atoms with Gasteiger partial charge in [0.05, 0.1) is 5.92 Å². The number of hydrogen-bond acceptors (Lipinski definition) is 3. The molecule has 2 heterocycles. The van der Waals surface area contributed by atoms with Crippen LogP contribution in [-0.2, 0) is 9.53 Å². The van der Waals surface area contributed by atoms with Crippen LogP contribution in [0.4, 0.5) is 0 Å². The fourth-order valence-electron chi connectivity index (χ4n) is 7.10. The van der Waals surface area contributed by atoms with Gasteiger partial charge in [0.1, 0.15) is 6.10 Å². The Hall–Kier alpha value is -0.830. The van der Waals surface area contributed by atoms with Crippen molar-refractivity contribution in [3.8, 4) is 0 Å². The number of esters is 1. The molecule has 4 rings (SSSR count). The molecule has 4 fully saturated rings. The zero-order chi connectivity index (χ0) is 19.4. The first-order chi connectivity index (χ1) is 12.7. The van der Waals surface area contributed by atoms with Crippen molar-refractivity contribution in [2.45, 2.75) is 78.7 Å². The lowest BCUT2D eigenvalue weighted by molar-refractivity contribution is -0.146. The zero-order valence-electron chi connectivity index (χ0n) is 17.9. The normalized spacial score (nSPS) is 45.0. The van der Waals surface area contributed by atoms with Crippen molar-refractivity contribution in [2.75, 3.05) is 19.6 Å². The number of hydrogen-bond donors (Lipinski definition) is 0. The van der Waals surface area contributed by atoms with Gasteiger partial charge in [-0.2, -0.15) is 0 Å². The quantitative estimate of drug-likeness (QED) is 0.500. The van der Waals surface area contributed by atoms with Crippen LogP contribution in [0.1, 0.15) is 72.6 Å². The maximum atomic E-state index is 12.8. The Bertz CT molecular complexity index is 612. The minimum atomic E-state index is 0.0680. The van der Waals surface area contributed by atoms with Crippen LogP contribution in [0.25, 0.3) is 0 Å². The van der Waals surface area contributed by atoms with Gasteiger partial charge >= 0.3 is 5.97 Å². The maximum absolute atomic E-state index is 12.8. The van der Waals surface area contributed by atoms with Crippen LogP contribution in [0.5, 0.6) is 0 Å². The van der Waals surface area contributed by atoms with Gasteiger partial charge in [0.2, 0.25) is 0 Å². The Morgan fingerprint density at radius 1 is 1.26 bits per heavy atom. The largest absolute Gasteiger partial charge is 0.462 e. The second-order valence-corrected chi connectivity index (χ2v) is 11.4. The van der Waals surface area contributed by atoms with E-state index in [9.17, 15) is 4.79 Å². The van der Waals surface area contributed by atoms with Gasteiger partial charge in [-0.3, -0.25) is 4.79 Å². The van der Waals surface area contributed by atoms with Gasteiger partial charge in [-0.05, 0) is 74.2 Å². The molecule has 0 unspecified atom stereocenters. The number of fused-ring (bicyclic) bond motifs is 2. The lowest BCUT2D eigenvalue weighted by atomic mass is 9.55. The van der Waals surface area contributed by atoms with Gasteiger partial charge in [0, 0.05) is 19.0 Å². The molecule has 0 amide bonds. The smallest absolute Gasteiger partial charge is 0.310 e. The zero-order valence-corrected chi connectivity index (χ0v) is 17.9. The number of allylic oxidation sites excluding steroid dienone is 1. The highest BCUT2D eigenvalue weighted by molar-refractivity contribution is 5.75. The van der Waals surface area contributed by atoms with Crippen molar-refractivity contribution in [1.82, 2.24) is 4.90 Å². The third-order valence-corrected chi connectivity index (χ3v) is 8.27. The fraction of sp³-hybridized carbons (Fsp3) is 0.875. The van der Waals surface area contributed by atoms with Crippen molar-refractivity contribution in [3.63, 3.8) is 0 Å². The summed E-state index contributed by atoms with van der Waals surface area (Å²) in [6.07, 6.45) is 8.53. The third-order valence-electron chi connectivity index (χ3n) is 8.27. The predicted molar refractivity (Wildman–Crippen MR) is 109 cm³/mol. The second-order valence-electron chi connectivity index (χ2n) is 11.4. The first-order valence-corrected chi connectivity index (χ1v) is 11.3. The highest BCUT2D eigenvalue weighted by Gasteiger charge is 2.55. The van der Waals surface area contributed by atoms with Crippen LogP contribution in [0.15, 0.2) is 12.2 Å². The molecule has 6 atom stereocenters. The molecule has 0 aromatic rings. The highest BCUT2D eigenvalue weighted by atomic mass is 16.6. The molecule has 2 aliphatic heterocycles. The van der Waals surface area contributed by atoms with E-state index in [1.807, 2.05) is 0 Å². The van der Waals surface area contributed by atoms with E-state index < -0.39 is 0 Å². The molecule has 0 radical (unpaired) electrons. The van der Waals surface area contributed by atoms with E-state index in [-0.39, 0.29) is 18.0 Å². The van der Waals surface area contributed by atoms with Crippen molar-refractivity contribution in [3.05, 3.63) is 12.2 Å². The Labute approximate surface area is 165 Å². The van der Waals surface area contributed by atoms with Crippen LogP contribution in [0, 0.1) is 34.5 Å². The predicted octanol–water partition coefficient (Wildman–Crippen LogP) is 5.06. The molecule has 2 saturated carbocycles. The molecular formula is C24H39NO2. The summed E-state index contributed by atoms with van der Waals surface area (Å²) in [7, 11) is 0. The van der Waals surface area contributed by atoms with Crippen LogP contribution < -0.4 is 0 Å². The van der Waals surface area contributed by atoms with Crippen LogP contribution in [-0.4, -0.2) is 36.6 Å². The maximum Gasteiger partial charge on any atom is 0.310 e. The molecule has 0 bridgehead atoms. The molecular weight excluding hydrogens is 334 g/mol. The van der Waals surface area contributed by atoms with Crippen molar-refractivity contribution < 1.29 is 9.53 Å². The van der Waals surface area contributed by atoms with Crippen LogP contribution in [0.2, 0.25) is 0 Å². The van der Waals surface area contributed by atoms with Gasteiger partial charge in [-0.1, -0.05) is 39.8 Å². The van der Waals surface area contributed by atoms with Crippen molar-refractivity contribution in [2.24, 2.45) is 34.5 Å². The Kier molecular flexibility index (Phi) is 4.98. The average Bonchev–Trinajstić information content (AvgIpc) is 2.76. The van der Waals surface area contributed by atoms with E-state index in [1.54, 1.807) is 0 Å². The highest BCUT2D eigenvalue weighted by Crippen LogP contribution is 2.57. The summed E-state index contributed by atoms with van der Waals surface area (Å²) < 4.78 is 5.98. The Morgan fingerprint density at radius 2 is 2.04 bits per heavy atom. The lowest BCUT2D eigenvalue weighted by Crippen LogP contribution is -2.46. The molecule has 3 nitrogen and oxygen atoms in total. The van der Waals surface area contributed by atoms with Gasteiger partial charge in [-0.15, -0.1) is 0 Å². The van der Waals surface area contributed by atoms with Gasteiger partial charge in [-0.25, -0.2) is 0 Å². The molecule has 0 aromatic carbocycles. The summed E-state index contributed by atoms with van der Waals surface area (Å²) >= 11 is 0. The Balaban J connectivity index is 1.49. The van der Waals surface area contributed by atoms with Crippen LogP contribution >= 0.6 is 0 Å². The molecule has 2 aliphatic carbocycles. The number of ether oxygens (including phenoxy) is 1. The lowest BCUT2D eigenvalue weighted by Gasteiger charge is -2.50. The first kappa shape index (κ1) is 19.5. The molecule has 0 N–H and O–H groups in total. The van der Waals surface area contributed by atoms with Crippen molar-refractivity contribution >= 4 is 5.97 Å². The number of likely N-dealkylation sites (tertiary alicyclic amines) is 1. The van der Waals surface area contributed by atoms with Gasteiger partial charge < -0.3 is 9.64 Å². The number of rotatable bonds is 2. The Morgan fingerprint density at radius 3 is 2.81 bits per heavy atom. The summed E-state index contributed by atoms with van der Waals surface area (Å²) in [4.78, 5) is 15.4.